The minimum atomic E-state index is -2.50. The Morgan fingerprint density at radius 1 is 1.57 bits per heavy atom. The van der Waals surface area contributed by atoms with Gasteiger partial charge in [-0.1, -0.05) is 6.07 Å². The van der Waals surface area contributed by atoms with Crippen LogP contribution in [0.15, 0.2) is 17.5 Å². The lowest BCUT2D eigenvalue weighted by Gasteiger charge is -2.27. The van der Waals surface area contributed by atoms with Crippen molar-refractivity contribution in [3.8, 4) is 0 Å². The highest BCUT2D eigenvalue weighted by molar-refractivity contribution is 7.10. The summed E-state index contributed by atoms with van der Waals surface area (Å²) < 4.78 is 25.0. The SMILES string of the molecule is O=C(CN(CCO)CC(F)F)N1CCCC1c1cccs1. The van der Waals surface area contributed by atoms with E-state index in [9.17, 15) is 13.6 Å². The predicted molar refractivity (Wildman–Crippen MR) is 77.5 cm³/mol. The molecule has 1 aromatic heterocycles. The molecule has 1 saturated heterocycles. The van der Waals surface area contributed by atoms with E-state index in [1.807, 2.05) is 17.5 Å². The third-order valence-corrected chi connectivity index (χ3v) is 4.59. The van der Waals surface area contributed by atoms with Gasteiger partial charge in [-0.2, -0.15) is 0 Å². The molecule has 7 heteroatoms. The van der Waals surface area contributed by atoms with Crippen LogP contribution in [-0.2, 0) is 4.79 Å². The summed E-state index contributed by atoms with van der Waals surface area (Å²) in [5.74, 6) is -0.139. The van der Waals surface area contributed by atoms with Crippen LogP contribution in [0, 0.1) is 0 Å². The minimum Gasteiger partial charge on any atom is -0.395 e. The van der Waals surface area contributed by atoms with Crippen LogP contribution in [0.3, 0.4) is 0 Å². The number of carbonyl (C=O) groups excluding carboxylic acids is 1. The zero-order chi connectivity index (χ0) is 15.2. The number of thiophene rings is 1. The lowest BCUT2D eigenvalue weighted by atomic mass is 10.2. The summed E-state index contributed by atoms with van der Waals surface area (Å²) in [5.41, 5.74) is 0. The van der Waals surface area contributed by atoms with Crippen LogP contribution in [0.4, 0.5) is 8.78 Å². The van der Waals surface area contributed by atoms with E-state index >= 15 is 0 Å². The average molecular weight is 318 g/mol. The van der Waals surface area contributed by atoms with Crippen LogP contribution in [0.25, 0.3) is 0 Å². The summed E-state index contributed by atoms with van der Waals surface area (Å²) in [7, 11) is 0. The van der Waals surface area contributed by atoms with Crippen molar-refractivity contribution in [2.75, 3.05) is 32.8 Å². The Morgan fingerprint density at radius 2 is 2.38 bits per heavy atom. The number of aliphatic hydroxyl groups is 1. The van der Waals surface area contributed by atoms with Gasteiger partial charge in [0.2, 0.25) is 5.91 Å². The topological polar surface area (TPSA) is 43.8 Å². The van der Waals surface area contributed by atoms with Crippen LogP contribution < -0.4 is 0 Å². The van der Waals surface area contributed by atoms with Crippen LogP contribution in [0.1, 0.15) is 23.8 Å². The van der Waals surface area contributed by atoms with Crippen LogP contribution in [-0.4, -0.2) is 60.0 Å². The van der Waals surface area contributed by atoms with E-state index < -0.39 is 13.0 Å². The van der Waals surface area contributed by atoms with Crippen molar-refractivity contribution < 1.29 is 18.7 Å². The molecule has 2 rings (SSSR count). The molecule has 118 valence electrons. The molecule has 21 heavy (non-hydrogen) atoms. The molecule has 1 amide bonds. The van der Waals surface area contributed by atoms with Crippen LogP contribution >= 0.6 is 11.3 Å². The Morgan fingerprint density at radius 3 is 3.00 bits per heavy atom. The number of carbonyl (C=O) groups is 1. The number of aliphatic hydroxyl groups excluding tert-OH is 1. The lowest BCUT2D eigenvalue weighted by Crippen LogP contribution is -2.42. The molecule has 1 atom stereocenters. The van der Waals surface area contributed by atoms with E-state index in [1.54, 1.807) is 16.2 Å². The van der Waals surface area contributed by atoms with Crippen molar-refractivity contribution in [1.29, 1.82) is 0 Å². The molecule has 1 aromatic rings. The van der Waals surface area contributed by atoms with E-state index in [-0.39, 0.29) is 31.6 Å². The number of hydrogen-bond acceptors (Lipinski definition) is 4. The first-order chi connectivity index (χ1) is 10.1. The van der Waals surface area contributed by atoms with Gasteiger partial charge < -0.3 is 10.0 Å². The van der Waals surface area contributed by atoms with Crippen molar-refractivity contribution in [3.63, 3.8) is 0 Å². The molecule has 1 N–H and O–H groups in total. The molecular formula is C14H20F2N2O2S. The molecule has 2 heterocycles. The fourth-order valence-corrected chi connectivity index (χ4v) is 3.57. The maximum atomic E-state index is 12.5. The third-order valence-electron chi connectivity index (χ3n) is 3.62. The summed E-state index contributed by atoms with van der Waals surface area (Å²) in [6.07, 6.45) is -0.652. The van der Waals surface area contributed by atoms with Gasteiger partial charge >= 0.3 is 0 Å². The Labute approximate surface area is 127 Å². The highest BCUT2D eigenvalue weighted by Crippen LogP contribution is 2.34. The predicted octanol–water partition coefficient (Wildman–Crippen LogP) is 1.97. The van der Waals surface area contributed by atoms with Crippen LogP contribution in [0.5, 0.6) is 0 Å². The van der Waals surface area contributed by atoms with Crippen molar-refractivity contribution in [1.82, 2.24) is 9.80 Å². The number of nitrogens with zero attached hydrogens (tertiary/aromatic N) is 2. The standard InChI is InChI=1S/C14H20F2N2O2S/c15-13(16)9-17(6-7-19)10-14(20)18-5-1-3-11(18)12-4-2-8-21-12/h2,4,8,11,13,19H,1,3,5-7,9-10H2. The number of likely N-dealkylation sites (tertiary alicyclic amines) is 1. The molecule has 0 aliphatic carbocycles. The molecule has 1 aliphatic rings. The zero-order valence-electron chi connectivity index (χ0n) is 11.8. The Balaban J connectivity index is 1.97. The first kappa shape index (κ1) is 16.3. The molecule has 1 fully saturated rings. The average Bonchev–Trinajstić information content (AvgIpc) is 3.09. The highest BCUT2D eigenvalue weighted by atomic mass is 32.1. The number of halogens is 2. The number of rotatable bonds is 7. The molecule has 0 aromatic carbocycles. The van der Waals surface area contributed by atoms with Crippen LogP contribution in [0.2, 0.25) is 0 Å². The van der Waals surface area contributed by atoms with Crippen molar-refractivity contribution >= 4 is 17.2 Å². The second-order valence-electron chi connectivity index (χ2n) is 5.11. The summed E-state index contributed by atoms with van der Waals surface area (Å²) in [6.45, 7) is -0.0123. The molecule has 0 radical (unpaired) electrons. The van der Waals surface area contributed by atoms with E-state index in [2.05, 4.69) is 0 Å². The summed E-state index contributed by atoms with van der Waals surface area (Å²) >= 11 is 1.61. The maximum absolute atomic E-state index is 12.5. The third kappa shape index (κ3) is 4.46. The van der Waals surface area contributed by atoms with Gasteiger partial charge in [0.15, 0.2) is 0 Å². The van der Waals surface area contributed by atoms with Gasteiger partial charge in [-0.05, 0) is 24.3 Å². The van der Waals surface area contributed by atoms with Crippen molar-refractivity contribution in [2.45, 2.75) is 25.3 Å². The van der Waals surface area contributed by atoms with Crippen molar-refractivity contribution in [3.05, 3.63) is 22.4 Å². The fraction of sp³-hybridized carbons (Fsp3) is 0.643. The number of alkyl halides is 2. The van der Waals surface area contributed by atoms with Gasteiger partial charge in [0.05, 0.1) is 25.7 Å². The van der Waals surface area contributed by atoms with E-state index in [0.717, 1.165) is 17.7 Å². The smallest absolute Gasteiger partial charge is 0.251 e. The zero-order valence-corrected chi connectivity index (χ0v) is 12.6. The minimum absolute atomic E-state index is 0.0627. The van der Waals surface area contributed by atoms with E-state index in [4.69, 9.17) is 5.11 Å². The van der Waals surface area contributed by atoms with Gasteiger partial charge in [-0.3, -0.25) is 9.69 Å². The quantitative estimate of drug-likeness (QED) is 0.836. The summed E-state index contributed by atoms with van der Waals surface area (Å²) in [4.78, 5) is 16.6. The molecule has 0 saturated carbocycles. The maximum Gasteiger partial charge on any atom is 0.251 e. The van der Waals surface area contributed by atoms with Gasteiger partial charge in [-0.15, -0.1) is 11.3 Å². The molecule has 0 bridgehead atoms. The lowest BCUT2D eigenvalue weighted by molar-refractivity contribution is -0.133. The van der Waals surface area contributed by atoms with Gasteiger partial charge in [-0.25, -0.2) is 8.78 Å². The van der Waals surface area contributed by atoms with E-state index in [1.165, 1.54) is 4.90 Å². The fourth-order valence-electron chi connectivity index (χ4n) is 2.70. The van der Waals surface area contributed by atoms with Gasteiger partial charge in [0.25, 0.3) is 6.43 Å². The number of hydrogen-bond donors (Lipinski definition) is 1. The molecular weight excluding hydrogens is 298 g/mol. The van der Waals surface area contributed by atoms with Gasteiger partial charge in [0, 0.05) is 18.0 Å². The summed E-state index contributed by atoms with van der Waals surface area (Å²) in [5, 5.41) is 10.9. The first-order valence-electron chi connectivity index (χ1n) is 7.06. The Hall–Kier alpha value is -1.05. The Kier molecular flexibility index (Phi) is 6.08. The highest BCUT2D eigenvalue weighted by Gasteiger charge is 2.31. The second-order valence-corrected chi connectivity index (χ2v) is 6.09. The van der Waals surface area contributed by atoms with Gasteiger partial charge in [0.1, 0.15) is 0 Å². The Bertz CT molecular complexity index is 442. The summed E-state index contributed by atoms with van der Waals surface area (Å²) in [6, 6.07) is 4.03. The monoisotopic (exact) mass is 318 g/mol. The largest absolute Gasteiger partial charge is 0.395 e. The normalized spacial score (nSPS) is 18.9. The molecule has 0 spiro atoms. The molecule has 4 nitrogen and oxygen atoms in total. The van der Waals surface area contributed by atoms with Crippen molar-refractivity contribution in [2.24, 2.45) is 0 Å². The molecule has 1 unspecified atom stereocenters. The number of amides is 1. The second kappa shape index (κ2) is 7.82. The molecule has 1 aliphatic heterocycles. The first-order valence-corrected chi connectivity index (χ1v) is 7.94. The van der Waals surface area contributed by atoms with E-state index in [0.29, 0.717) is 6.54 Å².